The summed E-state index contributed by atoms with van der Waals surface area (Å²) in [5, 5.41) is 1.36. The van der Waals surface area contributed by atoms with Crippen molar-refractivity contribution in [1.29, 1.82) is 0 Å². The number of nitrogens with two attached hydrogens (primary N) is 1. The summed E-state index contributed by atoms with van der Waals surface area (Å²) in [6, 6.07) is 12.2. The average Bonchev–Trinajstić information content (AvgIpc) is 2.51. The van der Waals surface area contributed by atoms with Gasteiger partial charge in [-0.3, -0.25) is 9.36 Å². The zero-order chi connectivity index (χ0) is 16.6. The molecule has 0 fully saturated rings. The molecule has 4 nitrogen and oxygen atoms in total. The molecular weight excluding hydrogens is 333 g/mol. The molecule has 0 saturated heterocycles. The van der Waals surface area contributed by atoms with Gasteiger partial charge in [-0.1, -0.05) is 47.5 Å². The van der Waals surface area contributed by atoms with Gasteiger partial charge in [0.2, 0.25) is 0 Å². The Kier molecular flexibility index (Phi) is 4.39. The summed E-state index contributed by atoms with van der Waals surface area (Å²) in [5.41, 5.74) is 7.17. The maximum absolute atomic E-state index is 12.9. The molecular formula is C17H15Cl2N3O. The summed E-state index contributed by atoms with van der Waals surface area (Å²) in [6.45, 7) is 2.09. The highest BCUT2D eigenvalue weighted by molar-refractivity contribution is 6.35. The lowest BCUT2D eigenvalue weighted by atomic mass is 10.2. The number of benzene rings is 2. The van der Waals surface area contributed by atoms with Gasteiger partial charge in [0, 0.05) is 5.02 Å². The third kappa shape index (κ3) is 2.98. The van der Waals surface area contributed by atoms with Crippen molar-refractivity contribution < 1.29 is 0 Å². The van der Waals surface area contributed by atoms with Crippen LogP contribution in [0.15, 0.2) is 47.3 Å². The molecule has 1 atom stereocenters. The summed E-state index contributed by atoms with van der Waals surface area (Å²) < 4.78 is 1.54. The van der Waals surface area contributed by atoms with E-state index in [1.165, 1.54) is 0 Å². The molecule has 0 aliphatic carbocycles. The molecule has 0 amide bonds. The summed E-state index contributed by atoms with van der Waals surface area (Å²) in [5.74, 6) is 0.504. The minimum atomic E-state index is -0.395. The summed E-state index contributed by atoms with van der Waals surface area (Å²) in [6.07, 6.45) is 0. The fraction of sp³-hybridized carbons (Fsp3) is 0.176. The summed E-state index contributed by atoms with van der Waals surface area (Å²) in [4.78, 5) is 17.5. The third-order valence-corrected chi connectivity index (χ3v) is 4.34. The Bertz CT molecular complexity index is 935. The maximum atomic E-state index is 12.9. The van der Waals surface area contributed by atoms with Gasteiger partial charge in [0.15, 0.2) is 0 Å². The summed E-state index contributed by atoms with van der Waals surface area (Å²) in [7, 11) is 0. The zero-order valence-corrected chi connectivity index (χ0v) is 14.0. The van der Waals surface area contributed by atoms with Crippen molar-refractivity contribution in [2.75, 3.05) is 0 Å². The lowest BCUT2D eigenvalue weighted by molar-refractivity contribution is 0.620. The Balaban J connectivity index is 2.28. The first kappa shape index (κ1) is 16.0. The molecule has 0 bridgehead atoms. The standard InChI is InChI=1S/C17H15Cl2N3O/c1-10(20)16-21-14-8-4-7-13(19)15(14)17(23)22(16)9-11-5-2-3-6-12(11)18/h2-8,10H,9,20H2,1H3/t10-/m0/s1. The van der Waals surface area contributed by atoms with Crippen molar-refractivity contribution in [3.05, 3.63) is 74.3 Å². The predicted molar refractivity (Wildman–Crippen MR) is 94.2 cm³/mol. The second-order valence-corrected chi connectivity index (χ2v) is 6.19. The number of rotatable bonds is 3. The number of aromatic nitrogens is 2. The number of fused-ring (bicyclic) bond motifs is 1. The largest absolute Gasteiger partial charge is 0.322 e. The van der Waals surface area contributed by atoms with Gasteiger partial charge in [-0.2, -0.15) is 0 Å². The molecule has 3 rings (SSSR count). The number of hydrogen-bond acceptors (Lipinski definition) is 3. The van der Waals surface area contributed by atoms with Crippen molar-refractivity contribution in [1.82, 2.24) is 9.55 Å². The van der Waals surface area contributed by atoms with E-state index in [2.05, 4.69) is 4.98 Å². The van der Waals surface area contributed by atoms with Crippen molar-refractivity contribution >= 4 is 34.1 Å². The molecule has 0 spiro atoms. The van der Waals surface area contributed by atoms with Crippen LogP contribution in [0.1, 0.15) is 24.4 Å². The molecule has 1 aromatic heterocycles. The molecule has 2 aromatic carbocycles. The van der Waals surface area contributed by atoms with Crippen LogP contribution < -0.4 is 11.3 Å². The van der Waals surface area contributed by atoms with E-state index in [0.717, 1.165) is 5.56 Å². The molecule has 6 heteroatoms. The van der Waals surface area contributed by atoms with E-state index in [1.54, 1.807) is 35.8 Å². The van der Waals surface area contributed by atoms with Crippen LogP contribution in [0, 0.1) is 0 Å². The molecule has 0 aliphatic rings. The minimum Gasteiger partial charge on any atom is -0.322 e. The normalized spacial score (nSPS) is 12.5. The second kappa shape index (κ2) is 6.32. The smallest absolute Gasteiger partial charge is 0.263 e. The first-order valence-corrected chi connectivity index (χ1v) is 7.92. The second-order valence-electron chi connectivity index (χ2n) is 5.38. The number of nitrogens with zero attached hydrogens (tertiary/aromatic N) is 2. The molecule has 0 aliphatic heterocycles. The molecule has 2 N–H and O–H groups in total. The fourth-order valence-electron chi connectivity index (χ4n) is 2.54. The highest BCUT2D eigenvalue weighted by atomic mass is 35.5. The van der Waals surface area contributed by atoms with Crippen molar-refractivity contribution in [2.45, 2.75) is 19.5 Å². The van der Waals surface area contributed by atoms with Crippen LogP contribution >= 0.6 is 23.2 Å². The van der Waals surface area contributed by atoms with Crippen LogP contribution in [0.2, 0.25) is 10.0 Å². The van der Waals surface area contributed by atoms with Crippen LogP contribution in [0.5, 0.6) is 0 Å². The quantitative estimate of drug-likeness (QED) is 0.784. The first-order chi connectivity index (χ1) is 11.0. The van der Waals surface area contributed by atoms with Crippen molar-refractivity contribution in [3.8, 4) is 0 Å². The molecule has 0 radical (unpaired) electrons. The first-order valence-electron chi connectivity index (χ1n) is 7.17. The van der Waals surface area contributed by atoms with Gasteiger partial charge in [-0.25, -0.2) is 4.98 Å². The van der Waals surface area contributed by atoms with Crippen LogP contribution in [0.4, 0.5) is 0 Å². The predicted octanol–water partition coefficient (Wildman–Crippen LogP) is 3.77. The van der Waals surface area contributed by atoms with Crippen LogP contribution in [0.3, 0.4) is 0 Å². The van der Waals surface area contributed by atoms with E-state index in [1.807, 2.05) is 18.2 Å². The topological polar surface area (TPSA) is 60.9 Å². The lowest BCUT2D eigenvalue weighted by Gasteiger charge is -2.17. The molecule has 0 unspecified atom stereocenters. The van der Waals surface area contributed by atoms with E-state index in [9.17, 15) is 4.79 Å². The van der Waals surface area contributed by atoms with Crippen LogP contribution in [-0.2, 0) is 6.54 Å². The Morgan fingerprint density at radius 2 is 1.83 bits per heavy atom. The Hall–Kier alpha value is -1.88. The van der Waals surface area contributed by atoms with Gasteiger partial charge in [0.1, 0.15) is 5.82 Å². The highest BCUT2D eigenvalue weighted by Gasteiger charge is 2.16. The van der Waals surface area contributed by atoms with E-state index < -0.39 is 6.04 Å². The summed E-state index contributed by atoms with van der Waals surface area (Å²) >= 11 is 12.4. The Morgan fingerprint density at radius 1 is 1.13 bits per heavy atom. The molecule has 0 saturated carbocycles. The zero-order valence-electron chi connectivity index (χ0n) is 12.5. The third-order valence-electron chi connectivity index (χ3n) is 3.66. The van der Waals surface area contributed by atoms with Gasteiger partial charge >= 0.3 is 0 Å². The van der Waals surface area contributed by atoms with Gasteiger partial charge in [0.05, 0.1) is 28.5 Å². The van der Waals surface area contributed by atoms with E-state index in [0.29, 0.717) is 33.3 Å². The van der Waals surface area contributed by atoms with E-state index in [-0.39, 0.29) is 5.56 Å². The average molecular weight is 348 g/mol. The lowest BCUT2D eigenvalue weighted by Crippen LogP contribution is -2.29. The van der Waals surface area contributed by atoms with E-state index in [4.69, 9.17) is 28.9 Å². The van der Waals surface area contributed by atoms with Gasteiger partial charge in [0.25, 0.3) is 5.56 Å². The molecule has 3 aromatic rings. The van der Waals surface area contributed by atoms with Gasteiger partial charge in [-0.05, 0) is 30.7 Å². The molecule has 1 heterocycles. The number of halogens is 2. The Labute approximate surface area is 143 Å². The minimum absolute atomic E-state index is 0.215. The van der Waals surface area contributed by atoms with Crippen LogP contribution in [-0.4, -0.2) is 9.55 Å². The van der Waals surface area contributed by atoms with E-state index >= 15 is 0 Å². The van der Waals surface area contributed by atoms with Crippen molar-refractivity contribution in [2.24, 2.45) is 5.73 Å². The van der Waals surface area contributed by atoms with Gasteiger partial charge < -0.3 is 5.73 Å². The van der Waals surface area contributed by atoms with Crippen LogP contribution in [0.25, 0.3) is 10.9 Å². The Morgan fingerprint density at radius 3 is 2.52 bits per heavy atom. The van der Waals surface area contributed by atoms with Gasteiger partial charge in [-0.15, -0.1) is 0 Å². The molecule has 118 valence electrons. The SMILES string of the molecule is C[C@H](N)c1nc2cccc(Cl)c2c(=O)n1Cc1ccccc1Cl. The highest BCUT2D eigenvalue weighted by Crippen LogP contribution is 2.22. The fourth-order valence-corrected chi connectivity index (χ4v) is 2.98. The molecule has 23 heavy (non-hydrogen) atoms. The van der Waals surface area contributed by atoms with Crippen molar-refractivity contribution in [3.63, 3.8) is 0 Å². The number of hydrogen-bond donors (Lipinski definition) is 1. The monoisotopic (exact) mass is 347 g/mol. The maximum Gasteiger partial charge on any atom is 0.263 e.